The first kappa shape index (κ1) is 14.7. The van der Waals surface area contributed by atoms with Crippen molar-refractivity contribution >= 4 is 6.09 Å². The first-order valence-corrected chi connectivity index (χ1v) is 7.03. The number of rotatable bonds is 2. The molecule has 0 heterocycles. The van der Waals surface area contributed by atoms with Crippen LogP contribution in [0.5, 0.6) is 5.75 Å². The molecule has 4 heteroatoms. The lowest BCUT2D eigenvalue weighted by molar-refractivity contribution is 0.0500. The molecule has 1 aromatic carbocycles. The maximum atomic E-state index is 11.8. The van der Waals surface area contributed by atoms with Crippen molar-refractivity contribution in [3.05, 3.63) is 29.3 Å². The van der Waals surface area contributed by atoms with Gasteiger partial charge in [0.25, 0.3) is 0 Å². The van der Waals surface area contributed by atoms with Crippen molar-refractivity contribution in [1.29, 1.82) is 0 Å². The van der Waals surface area contributed by atoms with Gasteiger partial charge >= 0.3 is 6.09 Å². The van der Waals surface area contributed by atoms with Gasteiger partial charge in [0.2, 0.25) is 0 Å². The maximum absolute atomic E-state index is 11.8. The van der Waals surface area contributed by atoms with E-state index in [1.807, 2.05) is 32.9 Å². The fourth-order valence-electron chi connectivity index (χ4n) is 2.54. The lowest BCUT2D eigenvalue weighted by Crippen LogP contribution is -2.41. The quantitative estimate of drug-likeness (QED) is 0.903. The number of hydrogen-bond donors (Lipinski definition) is 1. The molecule has 0 bridgehead atoms. The first-order chi connectivity index (χ1) is 9.39. The number of alkyl carbamates (subject to hydrolysis) is 1. The zero-order valence-electron chi connectivity index (χ0n) is 12.7. The minimum absolute atomic E-state index is 0.105. The fraction of sp³-hybridized carbons (Fsp3) is 0.562. The molecule has 0 saturated heterocycles. The Morgan fingerprint density at radius 1 is 1.35 bits per heavy atom. The Bertz CT molecular complexity index is 477. The monoisotopic (exact) mass is 277 g/mol. The lowest BCUT2D eigenvalue weighted by Gasteiger charge is -2.28. The third-order valence-electron chi connectivity index (χ3n) is 3.38. The lowest BCUT2D eigenvalue weighted by atomic mass is 9.88. The highest BCUT2D eigenvalue weighted by Gasteiger charge is 2.24. The molecule has 2 rings (SSSR count). The number of nitrogens with one attached hydrogen (secondary N) is 1. The summed E-state index contributed by atoms with van der Waals surface area (Å²) in [7, 11) is 1.68. The fourth-order valence-corrected chi connectivity index (χ4v) is 2.54. The van der Waals surface area contributed by atoms with E-state index >= 15 is 0 Å². The van der Waals surface area contributed by atoms with E-state index in [4.69, 9.17) is 9.47 Å². The summed E-state index contributed by atoms with van der Waals surface area (Å²) in [6.07, 6.45) is 2.33. The summed E-state index contributed by atoms with van der Waals surface area (Å²) in [5, 5.41) is 2.95. The molecule has 1 aliphatic carbocycles. The number of hydrogen-bond acceptors (Lipinski definition) is 3. The molecule has 0 fully saturated rings. The van der Waals surface area contributed by atoms with Gasteiger partial charge in [-0.2, -0.15) is 0 Å². The average molecular weight is 277 g/mol. The van der Waals surface area contributed by atoms with Crippen LogP contribution in [0, 0.1) is 0 Å². The summed E-state index contributed by atoms with van der Waals surface area (Å²) in [5.41, 5.74) is 2.04. The van der Waals surface area contributed by atoms with Crippen molar-refractivity contribution in [2.45, 2.75) is 51.7 Å². The van der Waals surface area contributed by atoms with Crippen LogP contribution in [0.15, 0.2) is 18.2 Å². The summed E-state index contributed by atoms with van der Waals surface area (Å²) in [6.45, 7) is 5.60. The predicted molar refractivity (Wildman–Crippen MR) is 78.2 cm³/mol. The van der Waals surface area contributed by atoms with Crippen molar-refractivity contribution < 1.29 is 14.3 Å². The molecule has 1 aromatic rings. The number of carbonyl (C=O) groups is 1. The van der Waals surface area contributed by atoms with Gasteiger partial charge in [0.05, 0.1) is 7.11 Å². The van der Waals surface area contributed by atoms with E-state index in [0.717, 1.165) is 25.0 Å². The molecule has 20 heavy (non-hydrogen) atoms. The van der Waals surface area contributed by atoms with E-state index in [9.17, 15) is 4.79 Å². The predicted octanol–water partition coefficient (Wildman–Crippen LogP) is 3.08. The van der Waals surface area contributed by atoms with E-state index < -0.39 is 5.60 Å². The smallest absolute Gasteiger partial charge is 0.407 e. The molecule has 110 valence electrons. The third kappa shape index (κ3) is 3.65. The van der Waals surface area contributed by atoms with Gasteiger partial charge in [-0.1, -0.05) is 12.1 Å². The van der Waals surface area contributed by atoms with Gasteiger partial charge in [-0.15, -0.1) is 0 Å². The Hall–Kier alpha value is -1.71. The molecule has 4 nitrogen and oxygen atoms in total. The van der Waals surface area contributed by atoms with Crippen LogP contribution in [0.3, 0.4) is 0 Å². The highest BCUT2D eigenvalue weighted by Crippen LogP contribution is 2.29. The topological polar surface area (TPSA) is 47.6 Å². The number of fused-ring (bicyclic) bond motifs is 1. The van der Waals surface area contributed by atoms with E-state index in [1.165, 1.54) is 11.1 Å². The Morgan fingerprint density at radius 2 is 2.10 bits per heavy atom. The van der Waals surface area contributed by atoms with Crippen LogP contribution in [0.1, 0.15) is 38.3 Å². The Balaban J connectivity index is 2.02. The zero-order chi connectivity index (χ0) is 14.8. The highest BCUT2D eigenvalue weighted by molar-refractivity contribution is 5.68. The second-order valence-electron chi connectivity index (χ2n) is 6.18. The Labute approximate surface area is 120 Å². The van der Waals surface area contributed by atoms with Crippen LogP contribution < -0.4 is 10.1 Å². The molecule has 0 aliphatic heterocycles. The van der Waals surface area contributed by atoms with Crippen LogP contribution in [0.2, 0.25) is 0 Å². The summed E-state index contributed by atoms with van der Waals surface area (Å²) < 4.78 is 10.7. The van der Waals surface area contributed by atoms with Gasteiger partial charge in [0, 0.05) is 6.04 Å². The molecular formula is C16H23NO3. The van der Waals surface area contributed by atoms with Crippen molar-refractivity contribution in [2.24, 2.45) is 0 Å². The van der Waals surface area contributed by atoms with Crippen molar-refractivity contribution in [2.75, 3.05) is 7.11 Å². The van der Waals surface area contributed by atoms with Crippen molar-refractivity contribution in [1.82, 2.24) is 5.32 Å². The van der Waals surface area contributed by atoms with Crippen LogP contribution in [-0.4, -0.2) is 24.8 Å². The molecule has 1 aliphatic rings. The summed E-state index contributed by atoms with van der Waals surface area (Å²) >= 11 is 0. The summed E-state index contributed by atoms with van der Waals surface area (Å²) in [4.78, 5) is 11.8. The standard InChI is InChI=1S/C16H23NO3/c1-16(2,3)20-15(18)17-12-9-8-11-6-5-7-14(19-4)13(11)10-12/h5-7,12H,8-10H2,1-4H3,(H,17,18)/t12-/m1/s1. The number of methoxy groups -OCH3 is 1. The average Bonchev–Trinajstić information content (AvgIpc) is 2.35. The SMILES string of the molecule is COc1cccc2c1C[C@H](NC(=O)OC(C)(C)C)CC2. The second-order valence-corrected chi connectivity index (χ2v) is 6.18. The molecule has 1 N–H and O–H groups in total. The highest BCUT2D eigenvalue weighted by atomic mass is 16.6. The molecule has 0 saturated carbocycles. The minimum atomic E-state index is -0.464. The van der Waals surface area contributed by atoms with Crippen LogP contribution in [-0.2, 0) is 17.6 Å². The second kappa shape index (κ2) is 5.73. The molecule has 1 atom stereocenters. The molecule has 0 radical (unpaired) electrons. The normalized spacial score (nSPS) is 18.1. The third-order valence-corrected chi connectivity index (χ3v) is 3.38. The van der Waals surface area contributed by atoms with Crippen LogP contribution in [0.25, 0.3) is 0 Å². The molecule has 0 unspecified atom stereocenters. The van der Waals surface area contributed by atoms with E-state index in [-0.39, 0.29) is 12.1 Å². The van der Waals surface area contributed by atoms with Gasteiger partial charge < -0.3 is 14.8 Å². The van der Waals surface area contributed by atoms with E-state index in [2.05, 4.69) is 11.4 Å². The number of ether oxygens (including phenoxy) is 2. The zero-order valence-corrected chi connectivity index (χ0v) is 12.7. The van der Waals surface area contributed by atoms with Gasteiger partial charge in [-0.25, -0.2) is 4.79 Å². The molecule has 0 spiro atoms. The van der Waals surface area contributed by atoms with Crippen molar-refractivity contribution in [3.63, 3.8) is 0 Å². The first-order valence-electron chi connectivity index (χ1n) is 7.03. The van der Waals surface area contributed by atoms with Gasteiger partial charge in [0.15, 0.2) is 0 Å². The van der Waals surface area contributed by atoms with Gasteiger partial charge in [-0.05, 0) is 57.2 Å². The number of amides is 1. The van der Waals surface area contributed by atoms with E-state index in [1.54, 1.807) is 7.11 Å². The Morgan fingerprint density at radius 3 is 2.75 bits per heavy atom. The maximum Gasteiger partial charge on any atom is 0.407 e. The van der Waals surface area contributed by atoms with Crippen molar-refractivity contribution in [3.8, 4) is 5.75 Å². The van der Waals surface area contributed by atoms with Gasteiger partial charge in [0.1, 0.15) is 11.4 Å². The minimum Gasteiger partial charge on any atom is -0.496 e. The van der Waals surface area contributed by atoms with E-state index in [0.29, 0.717) is 0 Å². The number of benzene rings is 1. The largest absolute Gasteiger partial charge is 0.496 e. The molecular weight excluding hydrogens is 254 g/mol. The van der Waals surface area contributed by atoms with Gasteiger partial charge in [-0.3, -0.25) is 0 Å². The molecule has 0 aromatic heterocycles. The number of aryl methyl sites for hydroxylation is 1. The van der Waals surface area contributed by atoms with Crippen LogP contribution in [0.4, 0.5) is 4.79 Å². The molecule has 1 amide bonds. The number of carbonyl (C=O) groups excluding carboxylic acids is 1. The summed E-state index contributed by atoms with van der Waals surface area (Å²) in [5.74, 6) is 0.901. The Kier molecular flexibility index (Phi) is 4.21. The summed E-state index contributed by atoms with van der Waals surface area (Å²) in [6, 6.07) is 6.21. The van der Waals surface area contributed by atoms with Crippen LogP contribution >= 0.6 is 0 Å².